The van der Waals surface area contributed by atoms with E-state index in [1.54, 1.807) is 0 Å². The number of halogens is 3. The topological polar surface area (TPSA) is 88.4 Å². The third kappa shape index (κ3) is 3.49. The van der Waals surface area contributed by atoms with Crippen LogP contribution in [0.5, 0.6) is 34.5 Å². The van der Waals surface area contributed by atoms with Gasteiger partial charge in [0.2, 0.25) is 5.75 Å². The summed E-state index contributed by atoms with van der Waals surface area (Å²) in [6.45, 7) is -0.0538. The molecule has 9 heteroatoms. The lowest BCUT2D eigenvalue weighted by molar-refractivity contribution is 0.241. The van der Waals surface area contributed by atoms with Gasteiger partial charge in [0.1, 0.15) is 17.3 Å². The first-order chi connectivity index (χ1) is 15.2. The van der Waals surface area contributed by atoms with Gasteiger partial charge < -0.3 is 29.5 Å². The molecule has 0 radical (unpaired) electrons. The van der Waals surface area contributed by atoms with Crippen LogP contribution in [-0.4, -0.2) is 36.1 Å². The second-order valence-corrected chi connectivity index (χ2v) is 7.34. The van der Waals surface area contributed by atoms with Gasteiger partial charge in [0.25, 0.3) is 0 Å². The van der Waals surface area contributed by atoms with Crippen molar-refractivity contribution in [1.29, 1.82) is 0 Å². The predicted octanol–water partition coefficient (Wildman–Crippen LogP) is 4.55. The lowest BCUT2D eigenvalue weighted by Gasteiger charge is -2.35. The normalized spacial score (nSPS) is 17.4. The van der Waals surface area contributed by atoms with Crippen LogP contribution >= 0.6 is 0 Å². The molecular formula is C23H19F3O6. The van der Waals surface area contributed by atoms with Crippen LogP contribution in [0.4, 0.5) is 13.2 Å². The lowest BCUT2D eigenvalue weighted by atomic mass is 9.75. The first-order valence-corrected chi connectivity index (χ1v) is 9.53. The Balaban J connectivity index is 1.97. The van der Waals surface area contributed by atoms with Gasteiger partial charge in [-0.25, -0.2) is 13.2 Å². The van der Waals surface area contributed by atoms with Crippen LogP contribution in [-0.2, 0) is 0 Å². The molecule has 3 aromatic carbocycles. The molecule has 0 spiro atoms. The molecule has 1 heterocycles. The Morgan fingerprint density at radius 3 is 1.94 bits per heavy atom. The minimum atomic E-state index is -1.20. The Morgan fingerprint density at radius 1 is 0.781 bits per heavy atom. The molecule has 1 aliphatic rings. The van der Waals surface area contributed by atoms with E-state index in [-0.39, 0.29) is 46.5 Å². The Kier molecular flexibility index (Phi) is 5.41. The van der Waals surface area contributed by atoms with Gasteiger partial charge in [0.05, 0.1) is 20.8 Å². The zero-order chi connectivity index (χ0) is 23.2. The number of benzene rings is 3. The molecular weight excluding hydrogens is 429 g/mol. The second kappa shape index (κ2) is 8.07. The average Bonchev–Trinajstić information content (AvgIpc) is 2.76. The van der Waals surface area contributed by atoms with E-state index in [2.05, 4.69) is 0 Å². The summed E-state index contributed by atoms with van der Waals surface area (Å²) < 4.78 is 59.5. The number of hydrogen-bond acceptors (Lipinski definition) is 6. The molecule has 0 aromatic heterocycles. The minimum absolute atomic E-state index is 0.0189. The molecule has 0 saturated carbocycles. The van der Waals surface area contributed by atoms with Gasteiger partial charge >= 0.3 is 0 Å². The minimum Gasteiger partial charge on any atom is -0.508 e. The molecule has 2 unspecified atom stereocenters. The van der Waals surface area contributed by atoms with Crippen molar-refractivity contribution < 1.29 is 42.7 Å². The average molecular weight is 448 g/mol. The number of methoxy groups -OCH3 is 2. The van der Waals surface area contributed by atoms with E-state index in [1.807, 2.05) is 0 Å². The SMILES string of the molecule is COc1cc(C2COc3cc(O)cc(F)c3C2c2cc(F)c(O)c(F)c2)cc(OC)c1O. The zero-order valence-corrected chi connectivity index (χ0v) is 17.0. The number of hydrogen-bond donors (Lipinski definition) is 3. The van der Waals surface area contributed by atoms with Gasteiger partial charge in [0.15, 0.2) is 28.9 Å². The number of phenolic OH excluding ortho intramolecular Hbond substituents is 3. The van der Waals surface area contributed by atoms with Crippen LogP contribution in [0.3, 0.4) is 0 Å². The van der Waals surface area contributed by atoms with Gasteiger partial charge in [-0.05, 0) is 35.4 Å². The van der Waals surface area contributed by atoms with Crippen molar-refractivity contribution in [3.63, 3.8) is 0 Å². The highest BCUT2D eigenvalue weighted by atomic mass is 19.1. The monoisotopic (exact) mass is 448 g/mol. The Hall–Kier alpha value is -3.75. The molecule has 0 saturated heterocycles. The number of fused-ring (bicyclic) bond motifs is 1. The second-order valence-electron chi connectivity index (χ2n) is 7.34. The number of ether oxygens (including phenoxy) is 3. The highest BCUT2D eigenvalue weighted by Gasteiger charge is 2.38. The van der Waals surface area contributed by atoms with E-state index < -0.39 is 35.0 Å². The fourth-order valence-corrected chi connectivity index (χ4v) is 4.06. The Bertz CT molecular complexity index is 1150. The first kappa shape index (κ1) is 21.5. The summed E-state index contributed by atoms with van der Waals surface area (Å²) in [7, 11) is 2.69. The van der Waals surface area contributed by atoms with Crippen molar-refractivity contribution >= 4 is 0 Å². The highest BCUT2D eigenvalue weighted by Crippen LogP contribution is 2.51. The third-order valence-electron chi connectivity index (χ3n) is 5.54. The first-order valence-electron chi connectivity index (χ1n) is 9.53. The molecule has 0 bridgehead atoms. The summed E-state index contributed by atoms with van der Waals surface area (Å²) in [6, 6.07) is 6.93. The van der Waals surface area contributed by atoms with E-state index in [4.69, 9.17) is 14.2 Å². The van der Waals surface area contributed by atoms with Crippen molar-refractivity contribution in [2.75, 3.05) is 20.8 Å². The van der Waals surface area contributed by atoms with E-state index in [0.717, 1.165) is 18.2 Å². The summed E-state index contributed by atoms with van der Waals surface area (Å²) in [5, 5.41) is 29.5. The predicted molar refractivity (Wildman–Crippen MR) is 107 cm³/mol. The number of aromatic hydroxyl groups is 3. The molecule has 168 valence electrons. The molecule has 2 atom stereocenters. The van der Waals surface area contributed by atoms with E-state index in [1.165, 1.54) is 32.4 Å². The van der Waals surface area contributed by atoms with Crippen LogP contribution in [0, 0.1) is 17.5 Å². The van der Waals surface area contributed by atoms with Crippen LogP contribution in [0.2, 0.25) is 0 Å². The number of phenols is 3. The standard InChI is InChI=1S/C23H19F3O6/c1-30-18-5-10(6-19(31-2)23(18)29)13-9-32-17-8-12(27)7-14(24)21(17)20(13)11-3-15(25)22(28)16(26)4-11/h3-8,13,20,27-29H,9H2,1-2H3. The summed E-state index contributed by atoms with van der Waals surface area (Å²) in [4.78, 5) is 0. The van der Waals surface area contributed by atoms with Crippen molar-refractivity contribution in [2.45, 2.75) is 11.8 Å². The quantitative estimate of drug-likeness (QED) is 0.543. The summed E-state index contributed by atoms with van der Waals surface area (Å²) >= 11 is 0. The fourth-order valence-electron chi connectivity index (χ4n) is 4.06. The van der Waals surface area contributed by atoms with Crippen molar-refractivity contribution in [2.24, 2.45) is 0 Å². The van der Waals surface area contributed by atoms with Gasteiger partial charge in [-0.1, -0.05) is 0 Å². The molecule has 0 amide bonds. The molecule has 3 N–H and O–H groups in total. The maximum Gasteiger partial charge on any atom is 0.200 e. The van der Waals surface area contributed by atoms with Crippen LogP contribution in [0.1, 0.15) is 28.5 Å². The van der Waals surface area contributed by atoms with Crippen LogP contribution in [0.25, 0.3) is 0 Å². The molecule has 1 aliphatic heterocycles. The van der Waals surface area contributed by atoms with Crippen molar-refractivity contribution in [1.82, 2.24) is 0 Å². The Labute approximate surface area is 181 Å². The zero-order valence-electron chi connectivity index (χ0n) is 17.0. The van der Waals surface area contributed by atoms with Crippen LogP contribution < -0.4 is 14.2 Å². The molecule has 3 aromatic rings. The molecule has 32 heavy (non-hydrogen) atoms. The van der Waals surface area contributed by atoms with Gasteiger partial charge in [0, 0.05) is 29.5 Å². The fraction of sp³-hybridized carbons (Fsp3) is 0.217. The molecule has 0 fully saturated rings. The molecule has 0 aliphatic carbocycles. The van der Waals surface area contributed by atoms with Crippen molar-refractivity contribution in [3.05, 3.63) is 70.5 Å². The van der Waals surface area contributed by atoms with Gasteiger partial charge in [-0.15, -0.1) is 0 Å². The molecule has 6 nitrogen and oxygen atoms in total. The largest absolute Gasteiger partial charge is 0.508 e. The van der Waals surface area contributed by atoms with Crippen LogP contribution in [0.15, 0.2) is 36.4 Å². The smallest absolute Gasteiger partial charge is 0.200 e. The highest BCUT2D eigenvalue weighted by molar-refractivity contribution is 5.57. The summed E-state index contributed by atoms with van der Waals surface area (Å²) in [5.74, 6) is -6.47. The maximum absolute atomic E-state index is 15.0. The van der Waals surface area contributed by atoms with Gasteiger partial charge in [-0.2, -0.15) is 0 Å². The summed E-state index contributed by atoms with van der Waals surface area (Å²) in [6.07, 6.45) is 0. The van der Waals surface area contributed by atoms with E-state index in [0.29, 0.717) is 5.56 Å². The lowest BCUT2D eigenvalue weighted by Crippen LogP contribution is -2.26. The third-order valence-corrected chi connectivity index (χ3v) is 5.54. The number of rotatable bonds is 4. The van der Waals surface area contributed by atoms with Crippen molar-refractivity contribution in [3.8, 4) is 34.5 Å². The maximum atomic E-state index is 15.0. The molecule has 4 rings (SSSR count). The van der Waals surface area contributed by atoms with E-state index in [9.17, 15) is 24.1 Å². The van der Waals surface area contributed by atoms with Gasteiger partial charge in [-0.3, -0.25) is 0 Å². The Morgan fingerprint density at radius 2 is 1.38 bits per heavy atom. The summed E-state index contributed by atoms with van der Waals surface area (Å²) in [5.41, 5.74) is 0.506. The van der Waals surface area contributed by atoms with E-state index >= 15 is 4.39 Å².